The molecular formula is C20H27N3O2S. The van der Waals surface area contributed by atoms with Crippen molar-refractivity contribution in [1.29, 1.82) is 0 Å². The largest absolute Gasteiger partial charge is 0.346 e. The molecule has 2 amide bonds. The van der Waals surface area contributed by atoms with Gasteiger partial charge in [-0.2, -0.15) is 0 Å². The molecule has 0 aliphatic carbocycles. The van der Waals surface area contributed by atoms with Gasteiger partial charge in [0.15, 0.2) is 0 Å². The number of hydrogen-bond acceptors (Lipinski definition) is 4. The van der Waals surface area contributed by atoms with E-state index in [2.05, 4.69) is 29.0 Å². The average molecular weight is 374 g/mol. The van der Waals surface area contributed by atoms with Crippen LogP contribution >= 0.6 is 11.3 Å². The highest BCUT2D eigenvalue weighted by Gasteiger charge is 2.19. The van der Waals surface area contributed by atoms with E-state index in [4.69, 9.17) is 0 Å². The number of aryl methyl sites for hydroxylation is 3. The van der Waals surface area contributed by atoms with Crippen LogP contribution in [0.15, 0.2) is 29.6 Å². The van der Waals surface area contributed by atoms with E-state index in [0.29, 0.717) is 6.54 Å². The van der Waals surface area contributed by atoms with Gasteiger partial charge in [-0.3, -0.25) is 14.5 Å². The fourth-order valence-corrected chi connectivity index (χ4v) is 3.61. The van der Waals surface area contributed by atoms with Gasteiger partial charge in [0.05, 0.1) is 12.6 Å². The first-order valence-electron chi connectivity index (χ1n) is 8.66. The Morgan fingerprint density at radius 2 is 1.77 bits per heavy atom. The lowest BCUT2D eigenvalue weighted by Gasteiger charge is -2.23. The van der Waals surface area contributed by atoms with Gasteiger partial charge < -0.3 is 10.6 Å². The van der Waals surface area contributed by atoms with Crippen molar-refractivity contribution < 1.29 is 9.59 Å². The Bertz CT molecular complexity index is 765. The van der Waals surface area contributed by atoms with Gasteiger partial charge in [0.25, 0.3) is 0 Å². The number of nitrogens with zero attached hydrogens (tertiary/aromatic N) is 1. The molecule has 0 aliphatic rings. The lowest BCUT2D eigenvalue weighted by Crippen LogP contribution is -2.45. The van der Waals surface area contributed by atoms with Gasteiger partial charge in [-0.05, 0) is 62.9 Å². The minimum Gasteiger partial charge on any atom is -0.346 e. The fourth-order valence-electron chi connectivity index (χ4n) is 2.64. The molecule has 6 heteroatoms. The van der Waals surface area contributed by atoms with E-state index in [1.165, 1.54) is 10.4 Å². The molecule has 0 fully saturated rings. The molecule has 140 valence electrons. The van der Waals surface area contributed by atoms with Crippen LogP contribution in [0.4, 0.5) is 5.69 Å². The highest BCUT2D eigenvalue weighted by Crippen LogP contribution is 2.19. The number of carbonyl (C=O) groups excluding carboxylic acids is 2. The summed E-state index contributed by atoms with van der Waals surface area (Å²) in [5.41, 5.74) is 4.06. The Kier molecular flexibility index (Phi) is 6.94. The molecule has 2 aromatic rings. The Morgan fingerprint density at radius 1 is 1.12 bits per heavy atom. The van der Waals surface area contributed by atoms with Gasteiger partial charge in [-0.1, -0.05) is 18.2 Å². The number of para-hydroxylation sites is 1. The third-order valence-electron chi connectivity index (χ3n) is 4.57. The van der Waals surface area contributed by atoms with Crippen LogP contribution in [0.1, 0.15) is 28.5 Å². The van der Waals surface area contributed by atoms with Crippen molar-refractivity contribution >= 4 is 28.8 Å². The predicted molar refractivity (Wildman–Crippen MR) is 108 cm³/mol. The molecule has 1 atom stereocenters. The summed E-state index contributed by atoms with van der Waals surface area (Å²) in [7, 11) is 1.92. The number of hydrogen-bond donors (Lipinski definition) is 2. The minimum atomic E-state index is -0.315. The standard InChI is InChI=1S/C20H27N3O2S/c1-13-9-10-26-17(13)12-23(5)16(4)20(25)21-11-18(24)22-19-14(2)7-6-8-15(19)3/h6-10,16H,11-12H2,1-5H3,(H,21,25)(H,22,24)/t16-/m0/s1. The van der Waals surface area contributed by atoms with Crippen LogP contribution in [0.2, 0.25) is 0 Å². The summed E-state index contributed by atoms with van der Waals surface area (Å²) in [4.78, 5) is 27.8. The van der Waals surface area contributed by atoms with Crippen molar-refractivity contribution in [3.8, 4) is 0 Å². The topological polar surface area (TPSA) is 61.4 Å². The number of anilines is 1. The van der Waals surface area contributed by atoms with E-state index in [9.17, 15) is 9.59 Å². The first-order chi connectivity index (χ1) is 12.3. The Morgan fingerprint density at radius 3 is 2.35 bits per heavy atom. The van der Waals surface area contributed by atoms with Gasteiger partial charge in [0, 0.05) is 17.1 Å². The minimum absolute atomic E-state index is 0.0389. The van der Waals surface area contributed by atoms with E-state index in [1.807, 2.05) is 50.9 Å². The monoisotopic (exact) mass is 373 g/mol. The maximum atomic E-state index is 12.4. The summed E-state index contributed by atoms with van der Waals surface area (Å²) >= 11 is 1.69. The third-order valence-corrected chi connectivity index (χ3v) is 5.58. The smallest absolute Gasteiger partial charge is 0.243 e. The molecule has 1 aromatic carbocycles. The average Bonchev–Trinajstić information content (AvgIpc) is 3.00. The van der Waals surface area contributed by atoms with Crippen LogP contribution in [-0.2, 0) is 16.1 Å². The van der Waals surface area contributed by atoms with Gasteiger partial charge in [0.1, 0.15) is 0 Å². The predicted octanol–water partition coefficient (Wildman–Crippen LogP) is 3.25. The van der Waals surface area contributed by atoms with Gasteiger partial charge >= 0.3 is 0 Å². The van der Waals surface area contributed by atoms with E-state index in [-0.39, 0.29) is 24.4 Å². The molecule has 0 aliphatic heterocycles. The summed E-state index contributed by atoms with van der Waals surface area (Å²) in [6.07, 6.45) is 0. The van der Waals surface area contributed by atoms with E-state index in [0.717, 1.165) is 16.8 Å². The van der Waals surface area contributed by atoms with Crippen molar-refractivity contribution in [1.82, 2.24) is 10.2 Å². The lowest BCUT2D eigenvalue weighted by molar-refractivity contribution is -0.127. The number of benzene rings is 1. The molecule has 1 aromatic heterocycles. The van der Waals surface area contributed by atoms with E-state index >= 15 is 0 Å². The van der Waals surface area contributed by atoms with Crippen LogP contribution in [0.5, 0.6) is 0 Å². The maximum absolute atomic E-state index is 12.4. The summed E-state index contributed by atoms with van der Waals surface area (Å²) in [5, 5.41) is 7.66. The Hall–Kier alpha value is -2.18. The zero-order valence-corrected chi connectivity index (χ0v) is 16.9. The third kappa shape index (κ3) is 5.16. The first-order valence-corrected chi connectivity index (χ1v) is 9.54. The molecule has 5 nitrogen and oxygen atoms in total. The van der Waals surface area contributed by atoms with Gasteiger partial charge in [-0.15, -0.1) is 11.3 Å². The molecular weight excluding hydrogens is 346 g/mol. The van der Waals surface area contributed by atoms with Crippen molar-refractivity contribution in [2.75, 3.05) is 18.9 Å². The number of nitrogens with one attached hydrogen (secondary N) is 2. The zero-order valence-electron chi connectivity index (χ0n) is 16.1. The second kappa shape index (κ2) is 8.96. The maximum Gasteiger partial charge on any atom is 0.243 e. The number of likely N-dealkylation sites (N-methyl/N-ethyl adjacent to an activating group) is 1. The van der Waals surface area contributed by atoms with Gasteiger partial charge in [0.2, 0.25) is 11.8 Å². The molecule has 0 saturated carbocycles. The van der Waals surface area contributed by atoms with Crippen LogP contribution in [0.3, 0.4) is 0 Å². The van der Waals surface area contributed by atoms with Crippen LogP contribution in [0, 0.1) is 20.8 Å². The second-order valence-electron chi connectivity index (χ2n) is 6.65. The highest BCUT2D eigenvalue weighted by atomic mass is 32.1. The van der Waals surface area contributed by atoms with Gasteiger partial charge in [-0.25, -0.2) is 0 Å². The fraction of sp³-hybridized carbons (Fsp3) is 0.400. The zero-order chi connectivity index (χ0) is 19.3. The number of carbonyl (C=O) groups is 2. The van der Waals surface area contributed by atoms with E-state index in [1.54, 1.807) is 11.3 Å². The summed E-state index contributed by atoms with van der Waals surface area (Å²) in [6.45, 7) is 8.50. The molecule has 2 rings (SSSR count). The number of amides is 2. The quantitative estimate of drug-likeness (QED) is 0.783. The van der Waals surface area contributed by atoms with E-state index < -0.39 is 0 Å². The number of rotatable bonds is 7. The molecule has 0 unspecified atom stereocenters. The normalized spacial score (nSPS) is 12.1. The Balaban J connectivity index is 1.85. The Labute approximate surface area is 159 Å². The molecule has 2 N–H and O–H groups in total. The molecule has 0 spiro atoms. The van der Waals surface area contributed by atoms with Crippen molar-refractivity contribution in [3.05, 3.63) is 51.2 Å². The lowest BCUT2D eigenvalue weighted by atomic mass is 10.1. The van der Waals surface area contributed by atoms with Crippen LogP contribution < -0.4 is 10.6 Å². The molecule has 0 bridgehead atoms. The second-order valence-corrected chi connectivity index (χ2v) is 7.65. The summed E-state index contributed by atoms with van der Waals surface area (Å²) in [5.74, 6) is -0.377. The molecule has 0 saturated heterocycles. The number of thiophene rings is 1. The summed E-state index contributed by atoms with van der Waals surface area (Å²) < 4.78 is 0. The van der Waals surface area contributed by atoms with Crippen molar-refractivity contribution in [2.45, 2.75) is 40.3 Å². The summed E-state index contributed by atoms with van der Waals surface area (Å²) in [6, 6.07) is 7.62. The highest BCUT2D eigenvalue weighted by molar-refractivity contribution is 7.10. The first kappa shape index (κ1) is 20.1. The SMILES string of the molecule is Cc1ccsc1CN(C)[C@@H](C)C(=O)NCC(=O)Nc1c(C)cccc1C. The van der Waals surface area contributed by atoms with Crippen LogP contribution in [-0.4, -0.2) is 36.3 Å². The van der Waals surface area contributed by atoms with Crippen molar-refractivity contribution in [2.24, 2.45) is 0 Å². The molecule has 26 heavy (non-hydrogen) atoms. The molecule has 1 heterocycles. The molecule has 0 radical (unpaired) electrons. The van der Waals surface area contributed by atoms with Crippen LogP contribution in [0.25, 0.3) is 0 Å². The van der Waals surface area contributed by atoms with Crippen molar-refractivity contribution in [3.63, 3.8) is 0 Å².